The Bertz CT molecular complexity index is 675. The fraction of sp³-hybridized carbons (Fsp3) is 0.429. The maximum absolute atomic E-state index is 13.3. The van der Waals surface area contributed by atoms with Crippen LogP contribution in [-0.4, -0.2) is 26.7 Å². The van der Waals surface area contributed by atoms with Crippen molar-refractivity contribution in [2.75, 3.05) is 6.54 Å². The Labute approximate surface area is 109 Å². The van der Waals surface area contributed by atoms with E-state index < -0.39 is 0 Å². The molecule has 98 valence electrons. The maximum atomic E-state index is 13.3. The fourth-order valence-corrected chi connectivity index (χ4v) is 2.78. The number of aromatic nitrogens is 2. The van der Waals surface area contributed by atoms with Crippen LogP contribution in [0.3, 0.4) is 0 Å². The molecule has 2 aromatic rings. The minimum absolute atomic E-state index is 0.246. The van der Waals surface area contributed by atoms with Crippen molar-refractivity contribution in [2.45, 2.75) is 25.8 Å². The molecule has 1 saturated carbocycles. The topological polar surface area (TPSA) is 37.6 Å². The van der Waals surface area contributed by atoms with Crippen LogP contribution in [0, 0.1) is 11.7 Å². The molecule has 1 amide bonds. The standard InChI is InChI=1S/C14H14FN3O/c15-10-3-4-13-16-11-8-17(14(19)9-1-2-9)6-5-12(11)18(13)7-10/h3-4,7,9H,1-2,5-6,8H2. The molecule has 0 radical (unpaired) electrons. The number of hydrogen-bond donors (Lipinski definition) is 0. The molecule has 0 aromatic carbocycles. The Morgan fingerprint density at radius 2 is 2.21 bits per heavy atom. The lowest BCUT2D eigenvalue weighted by Crippen LogP contribution is -2.37. The quantitative estimate of drug-likeness (QED) is 0.782. The van der Waals surface area contributed by atoms with Crippen LogP contribution in [0.15, 0.2) is 18.3 Å². The normalized spacial score (nSPS) is 18.7. The molecule has 1 fully saturated rings. The summed E-state index contributed by atoms with van der Waals surface area (Å²) < 4.78 is 15.1. The van der Waals surface area contributed by atoms with E-state index in [9.17, 15) is 9.18 Å². The van der Waals surface area contributed by atoms with E-state index in [0.29, 0.717) is 13.1 Å². The first-order valence-corrected chi connectivity index (χ1v) is 6.66. The molecule has 1 aliphatic heterocycles. The molecule has 3 heterocycles. The van der Waals surface area contributed by atoms with Gasteiger partial charge in [-0.2, -0.15) is 0 Å². The second-order valence-electron chi connectivity index (χ2n) is 5.36. The van der Waals surface area contributed by atoms with Crippen LogP contribution in [-0.2, 0) is 17.8 Å². The summed E-state index contributed by atoms with van der Waals surface area (Å²) in [4.78, 5) is 18.5. The second kappa shape index (κ2) is 3.79. The average Bonchev–Trinajstić information content (AvgIpc) is 3.19. The molecule has 0 unspecified atom stereocenters. The Hall–Kier alpha value is -1.91. The summed E-state index contributed by atoms with van der Waals surface area (Å²) in [7, 11) is 0. The molecule has 5 heteroatoms. The first kappa shape index (κ1) is 11.0. The van der Waals surface area contributed by atoms with Crippen LogP contribution < -0.4 is 0 Å². The highest BCUT2D eigenvalue weighted by molar-refractivity contribution is 5.81. The Balaban J connectivity index is 1.71. The number of fused-ring (bicyclic) bond motifs is 3. The van der Waals surface area contributed by atoms with Gasteiger partial charge in [0.2, 0.25) is 5.91 Å². The maximum Gasteiger partial charge on any atom is 0.226 e. The summed E-state index contributed by atoms with van der Waals surface area (Å²) in [5.41, 5.74) is 2.70. The van der Waals surface area contributed by atoms with Gasteiger partial charge in [0.25, 0.3) is 0 Å². The van der Waals surface area contributed by atoms with E-state index in [1.807, 2.05) is 9.30 Å². The van der Waals surface area contributed by atoms with E-state index in [2.05, 4.69) is 4.98 Å². The van der Waals surface area contributed by atoms with Crippen molar-refractivity contribution in [1.29, 1.82) is 0 Å². The van der Waals surface area contributed by atoms with Crippen LogP contribution >= 0.6 is 0 Å². The van der Waals surface area contributed by atoms with E-state index in [1.165, 1.54) is 12.3 Å². The van der Waals surface area contributed by atoms with Gasteiger partial charge in [0, 0.05) is 30.8 Å². The number of pyridine rings is 1. The van der Waals surface area contributed by atoms with Gasteiger partial charge in [0.1, 0.15) is 11.5 Å². The monoisotopic (exact) mass is 259 g/mol. The molecule has 2 aromatic heterocycles. The van der Waals surface area contributed by atoms with Crippen LogP contribution in [0.5, 0.6) is 0 Å². The lowest BCUT2D eigenvalue weighted by molar-refractivity contribution is -0.133. The largest absolute Gasteiger partial charge is 0.336 e. The predicted molar refractivity (Wildman–Crippen MR) is 67.0 cm³/mol. The lowest BCUT2D eigenvalue weighted by Gasteiger charge is -2.26. The highest BCUT2D eigenvalue weighted by Gasteiger charge is 2.35. The van der Waals surface area contributed by atoms with Gasteiger partial charge in [-0.05, 0) is 25.0 Å². The summed E-state index contributed by atoms with van der Waals surface area (Å²) in [6.45, 7) is 1.28. The molecule has 0 N–H and O–H groups in total. The number of rotatable bonds is 1. The smallest absolute Gasteiger partial charge is 0.226 e. The van der Waals surface area contributed by atoms with E-state index in [1.54, 1.807) is 6.07 Å². The lowest BCUT2D eigenvalue weighted by atomic mass is 10.1. The van der Waals surface area contributed by atoms with Crippen molar-refractivity contribution in [3.8, 4) is 0 Å². The third kappa shape index (κ3) is 1.72. The van der Waals surface area contributed by atoms with Gasteiger partial charge < -0.3 is 9.30 Å². The van der Waals surface area contributed by atoms with Crippen molar-refractivity contribution in [2.24, 2.45) is 5.92 Å². The number of carbonyl (C=O) groups is 1. The number of nitrogens with zero attached hydrogens (tertiary/aromatic N) is 3. The molecule has 1 aliphatic carbocycles. The third-order valence-electron chi connectivity index (χ3n) is 3.96. The summed E-state index contributed by atoms with van der Waals surface area (Å²) in [5, 5.41) is 0. The highest BCUT2D eigenvalue weighted by Crippen LogP contribution is 2.32. The van der Waals surface area contributed by atoms with Gasteiger partial charge >= 0.3 is 0 Å². The number of imidazole rings is 1. The molecule has 0 bridgehead atoms. The SMILES string of the molecule is O=C(C1CC1)N1CCc2c(nc3ccc(F)cn23)C1. The molecule has 2 aliphatic rings. The average molecular weight is 259 g/mol. The Morgan fingerprint density at radius 3 is 3.00 bits per heavy atom. The molecule has 0 atom stereocenters. The third-order valence-corrected chi connectivity index (χ3v) is 3.96. The van der Waals surface area contributed by atoms with Crippen molar-refractivity contribution < 1.29 is 9.18 Å². The molecular formula is C14H14FN3O. The van der Waals surface area contributed by atoms with Crippen molar-refractivity contribution in [3.05, 3.63) is 35.5 Å². The van der Waals surface area contributed by atoms with Crippen molar-refractivity contribution >= 4 is 11.6 Å². The van der Waals surface area contributed by atoms with Gasteiger partial charge in [0.05, 0.1) is 12.2 Å². The molecule has 4 nitrogen and oxygen atoms in total. The van der Waals surface area contributed by atoms with Gasteiger partial charge in [0.15, 0.2) is 0 Å². The van der Waals surface area contributed by atoms with Crippen LogP contribution in [0.2, 0.25) is 0 Å². The number of halogens is 1. The van der Waals surface area contributed by atoms with E-state index in [-0.39, 0.29) is 17.6 Å². The number of amides is 1. The van der Waals surface area contributed by atoms with E-state index in [0.717, 1.165) is 36.3 Å². The van der Waals surface area contributed by atoms with E-state index >= 15 is 0 Å². The number of hydrogen-bond acceptors (Lipinski definition) is 2. The van der Waals surface area contributed by atoms with Gasteiger partial charge in [-0.15, -0.1) is 0 Å². The summed E-state index contributed by atoms with van der Waals surface area (Å²) in [6, 6.07) is 3.10. The van der Waals surface area contributed by atoms with Gasteiger partial charge in [-0.25, -0.2) is 9.37 Å². The summed E-state index contributed by atoms with van der Waals surface area (Å²) >= 11 is 0. The molecule has 4 rings (SSSR count). The van der Waals surface area contributed by atoms with Crippen LogP contribution in [0.25, 0.3) is 5.65 Å². The summed E-state index contributed by atoms with van der Waals surface area (Å²) in [6.07, 6.45) is 4.27. The second-order valence-corrected chi connectivity index (χ2v) is 5.36. The zero-order valence-electron chi connectivity index (χ0n) is 10.5. The predicted octanol–water partition coefficient (Wildman–Crippen LogP) is 1.77. The minimum atomic E-state index is -0.260. The van der Waals surface area contributed by atoms with Crippen LogP contribution in [0.1, 0.15) is 24.2 Å². The van der Waals surface area contributed by atoms with Gasteiger partial charge in [-0.1, -0.05) is 0 Å². The fourth-order valence-electron chi connectivity index (χ4n) is 2.78. The summed E-state index contributed by atoms with van der Waals surface area (Å²) in [5.74, 6) is 0.245. The molecule has 19 heavy (non-hydrogen) atoms. The highest BCUT2D eigenvalue weighted by atomic mass is 19.1. The van der Waals surface area contributed by atoms with Crippen molar-refractivity contribution in [1.82, 2.24) is 14.3 Å². The molecule has 0 saturated heterocycles. The molecule has 0 spiro atoms. The van der Waals surface area contributed by atoms with E-state index in [4.69, 9.17) is 0 Å². The zero-order chi connectivity index (χ0) is 13.0. The Kier molecular flexibility index (Phi) is 2.19. The molecular weight excluding hydrogens is 245 g/mol. The van der Waals surface area contributed by atoms with Gasteiger partial charge in [-0.3, -0.25) is 4.79 Å². The Morgan fingerprint density at radius 1 is 1.37 bits per heavy atom. The first-order chi connectivity index (χ1) is 9.22. The number of carbonyl (C=O) groups excluding carboxylic acids is 1. The van der Waals surface area contributed by atoms with Crippen LogP contribution in [0.4, 0.5) is 4.39 Å². The van der Waals surface area contributed by atoms with Crippen molar-refractivity contribution in [3.63, 3.8) is 0 Å². The minimum Gasteiger partial charge on any atom is -0.336 e. The zero-order valence-corrected chi connectivity index (χ0v) is 10.5. The first-order valence-electron chi connectivity index (χ1n) is 6.66.